The monoisotopic (exact) mass is 1750 g/mol. The van der Waals surface area contributed by atoms with Crippen molar-refractivity contribution in [1.29, 1.82) is 31.6 Å². The molecular formula is C100H94F19N7. The lowest BCUT2D eigenvalue weighted by Gasteiger charge is -2.17. The number of rotatable bonds is 0. The van der Waals surface area contributed by atoms with Crippen LogP contribution in [0.25, 0.3) is 4.85 Å². The molecule has 0 N–H and O–H groups in total. The van der Waals surface area contributed by atoms with Gasteiger partial charge in [-0.2, -0.15) is 84.3 Å². The number of hydrogen-bond acceptors (Lipinski definition) is 6. The maximum absolute atomic E-state index is 13.0. The minimum atomic E-state index is -4.77. The number of nitrogens with zero attached hydrogens (tertiary/aromatic N) is 7. The van der Waals surface area contributed by atoms with Crippen molar-refractivity contribution < 1.29 is 83.4 Å². The van der Waals surface area contributed by atoms with Gasteiger partial charge in [0.25, 0.3) is 0 Å². The summed E-state index contributed by atoms with van der Waals surface area (Å²) in [4.78, 5) is 3.33. The van der Waals surface area contributed by atoms with Gasteiger partial charge in [-0.25, -0.2) is 35.6 Å². The van der Waals surface area contributed by atoms with E-state index in [0.717, 1.165) is 63.1 Å². The minimum absolute atomic E-state index is 0.0646. The maximum atomic E-state index is 13.0. The van der Waals surface area contributed by atoms with Crippen LogP contribution < -0.4 is 0 Å². The molecule has 662 valence electrons. The predicted octanol–water partition coefficient (Wildman–Crippen LogP) is 30.5. The standard InChI is InChI=1S/C10H8F6.C10H11F3.2C10H8N2.C9H9F3.2C9H8FN.C9H9N.2C8H8F2.C8H9F/c1-5-3-7(9(11,12)13)6(2)8(4-5)10(14,15)16;1-6-4-5-7(2)9(8(6)3)10(11,12)13;1-7-3-9(5-11)8(2)10(4-7)6-12;1-7-4-5-8(2)10(12-3)9(7)6-11;1-6-3-4-7(2)8(5-6)9(10,11)12;1-6-3-8(5-11)7(2)9(10)4-6;1-6-3-4-7(2)9(10)8(6)5-11;1-7-3-4-8(2)9(5-7)6-10;1-5-3-7(9)6(2)8(10)4-5;1-5-3-4-6(2)8(10)7(5)9;1-6-3-4-7(2)8(9)5-6/h3-4H,1-2H3;4-5H,1-3H3;3-4H,1-2H3;4-5H,1-2H3;3-5H,1-2H3;2*3-4H,1-2H3;3-5H,1-2H3;2*3-4H,1-2H3;3-5H,1-2H3. The van der Waals surface area contributed by atoms with E-state index in [1.807, 2.05) is 96.1 Å². The van der Waals surface area contributed by atoms with Gasteiger partial charge in [-0.15, -0.1) is 0 Å². The smallest absolute Gasteiger partial charge is 0.236 e. The second-order valence-corrected chi connectivity index (χ2v) is 29.2. The third-order valence-corrected chi connectivity index (χ3v) is 18.7. The molecule has 7 nitrogen and oxygen atoms in total. The first kappa shape index (κ1) is 111. The van der Waals surface area contributed by atoms with Crippen molar-refractivity contribution in [3.05, 3.63) is 387 Å². The lowest BCUT2D eigenvalue weighted by atomic mass is 9.98. The number of halogens is 19. The van der Waals surface area contributed by atoms with Crippen LogP contribution in [-0.4, -0.2) is 0 Å². The van der Waals surface area contributed by atoms with Crippen molar-refractivity contribution in [2.75, 3.05) is 0 Å². The lowest BCUT2D eigenvalue weighted by molar-refractivity contribution is -0.144. The van der Waals surface area contributed by atoms with Crippen LogP contribution in [0.3, 0.4) is 0 Å². The largest absolute Gasteiger partial charge is 0.416 e. The van der Waals surface area contributed by atoms with Crippen molar-refractivity contribution in [3.8, 4) is 36.4 Å². The van der Waals surface area contributed by atoms with E-state index in [-0.39, 0.29) is 39.5 Å². The molecule has 0 aromatic heterocycles. The van der Waals surface area contributed by atoms with Gasteiger partial charge < -0.3 is 0 Å². The molecule has 0 spiro atoms. The van der Waals surface area contributed by atoms with Crippen LogP contribution in [0.15, 0.2) is 152 Å². The molecule has 11 aromatic rings. The second kappa shape index (κ2) is 49.7. The van der Waals surface area contributed by atoms with Crippen LogP contribution in [0.2, 0.25) is 0 Å². The highest BCUT2D eigenvalue weighted by Crippen LogP contribution is 2.41. The predicted molar refractivity (Wildman–Crippen MR) is 454 cm³/mol. The van der Waals surface area contributed by atoms with Crippen molar-refractivity contribution in [2.45, 2.75) is 184 Å². The van der Waals surface area contributed by atoms with Crippen molar-refractivity contribution in [2.24, 2.45) is 0 Å². The summed E-state index contributed by atoms with van der Waals surface area (Å²) in [7, 11) is 0. The topological polar surface area (TPSA) is 147 Å². The Morgan fingerprint density at radius 2 is 0.524 bits per heavy atom. The average molecular weight is 1750 g/mol. The first-order valence-corrected chi connectivity index (χ1v) is 37.9. The van der Waals surface area contributed by atoms with E-state index in [0.29, 0.717) is 95.7 Å². The Morgan fingerprint density at radius 1 is 0.230 bits per heavy atom. The summed E-state index contributed by atoms with van der Waals surface area (Å²) in [5, 5.41) is 51.8. The molecular weight excluding hydrogens is 1660 g/mol. The zero-order valence-electron chi connectivity index (χ0n) is 73.7. The SMILES string of the molecule is Cc1cc(C#N)c(C)c(C#N)c1.Cc1cc(C(F)(F)F)c(C)c(C(F)(F)F)c1.Cc1cc(F)c(C)c(C#N)c1.Cc1cc(F)c(C)c(F)c1.Cc1ccc(C)c(C#N)c1.Cc1ccc(C)c(C#N)c1F.Cc1ccc(C)c(C(F)(F)F)c1.Cc1ccc(C)c(C(F)(F)F)c1C.Cc1ccc(C)c(F)c1.Cc1ccc(C)c(F)c1F.[C-]#[N+]c1c(C)ccc(C)c1C#N. The van der Waals surface area contributed by atoms with Crippen LogP contribution in [0.1, 0.15) is 184 Å². The summed E-state index contributed by atoms with van der Waals surface area (Å²) in [6.45, 7) is 44.5. The summed E-state index contributed by atoms with van der Waals surface area (Å²) in [6, 6.07) is 51.7. The van der Waals surface area contributed by atoms with Crippen LogP contribution in [0.5, 0.6) is 0 Å². The van der Waals surface area contributed by atoms with Gasteiger partial charge >= 0.3 is 24.7 Å². The summed E-state index contributed by atoms with van der Waals surface area (Å²) < 4.78 is 238. The minimum Gasteiger partial charge on any atom is -0.236 e. The Morgan fingerprint density at radius 3 is 0.873 bits per heavy atom. The quantitative estimate of drug-likeness (QED) is 0.109. The molecule has 0 heterocycles. The Hall–Kier alpha value is -13.5. The van der Waals surface area contributed by atoms with Gasteiger partial charge in [-0.05, 0) is 337 Å². The Balaban J connectivity index is 0.000000695. The first-order chi connectivity index (χ1) is 58.1. The molecule has 11 rings (SSSR count). The fourth-order valence-electron chi connectivity index (χ4n) is 11.0. The lowest BCUT2D eigenvalue weighted by Crippen LogP contribution is -2.15. The normalized spacial score (nSPS) is 10.2. The van der Waals surface area contributed by atoms with E-state index < -0.39 is 81.6 Å². The molecule has 0 atom stereocenters. The average Bonchev–Trinajstić information content (AvgIpc) is 0.787. The van der Waals surface area contributed by atoms with Crippen molar-refractivity contribution in [3.63, 3.8) is 0 Å². The number of alkyl halides is 12. The Kier molecular flexibility index (Phi) is 43.6. The molecule has 0 saturated carbocycles. The number of hydrogen-bond donors (Lipinski definition) is 0. The van der Waals surface area contributed by atoms with Crippen LogP contribution in [-0.2, 0) is 24.7 Å². The second-order valence-electron chi connectivity index (χ2n) is 29.2. The van der Waals surface area contributed by atoms with E-state index >= 15 is 0 Å². The molecule has 26 heteroatoms. The van der Waals surface area contributed by atoms with Crippen LogP contribution in [0, 0.1) is 275 Å². The maximum Gasteiger partial charge on any atom is 0.416 e. The molecule has 0 saturated heterocycles. The summed E-state index contributed by atoms with van der Waals surface area (Å²) in [6.07, 6.45) is -18.0. The molecule has 0 aliphatic carbocycles. The fraction of sp³-hybridized carbons (Fsp3) is 0.270. The molecule has 11 aromatic carbocycles. The molecule has 0 aliphatic rings. The van der Waals surface area contributed by atoms with E-state index in [1.165, 1.54) is 84.9 Å². The highest BCUT2D eigenvalue weighted by molar-refractivity contribution is 5.66. The molecule has 0 unspecified atom stereocenters. The first-order valence-electron chi connectivity index (χ1n) is 37.9. The molecule has 0 amide bonds. The van der Waals surface area contributed by atoms with Gasteiger partial charge in [-0.3, -0.25) is 0 Å². The van der Waals surface area contributed by atoms with Gasteiger partial charge in [0.1, 0.15) is 35.2 Å². The van der Waals surface area contributed by atoms with Crippen molar-refractivity contribution >= 4 is 5.69 Å². The zero-order chi connectivity index (χ0) is 97.3. The summed E-state index contributed by atoms with van der Waals surface area (Å²) in [5.41, 5.74) is 12.5. The summed E-state index contributed by atoms with van der Waals surface area (Å²) >= 11 is 0. The molecule has 0 radical (unpaired) electrons. The zero-order valence-corrected chi connectivity index (χ0v) is 73.7. The number of aryl methyl sites for hydroxylation is 18. The fourth-order valence-corrected chi connectivity index (χ4v) is 11.0. The van der Waals surface area contributed by atoms with Gasteiger partial charge in [0.15, 0.2) is 11.6 Å². The summed E-state index contributed by atoms with van der Waals surface area (Å²) in [5.74, 6) is -3.24. The Bertz CT molecular complexity index is 5800. The Labute approximate surface area is 725 Å². The van der Waals surface area contributed by atoms with Gasteiger partial charge in [0.05, 0.1) is 92.6 Å². The van der Waals surface area contributed by atoms with Crippen molar-refractivity contribution in [1.82, 2.24) is 0 Å². The third-order valence-electron chi connectivity index (χ3n) is 18.7. The van der Waals surface area contributed by atoms with E-state index in [4.69, 9.17) is 38.1 Å². The van der Waals surface area contributed by atoms with E-state index in [2.05, 4.69) is 23.1 Å². The van der Waals surface area contributed by atoms with Gasteiger partial charge in [-0.1, -0.05) is 90.5 Å². The molecule has 126 heavy (non-hydrogen) atoms. The molecule has 0 aliphatic heterocycles. The highest BCUT2D eigenvalue weighted by Gasteiger charge is 2.40. The number of benzene rings is 11. The van der Waals surface area contributed by atoms with Gasteiger partial charge in [0, 0.05) is 11.1 Å². The third kappa shape index (κ3) is 34.7. The van der Waals surface area contributed by atoms with E-state index in [9.17, 15) is 83.4 Å². The van der Waals surface area contributed by atoms with Gasteiger partial charge in [0.2, 0.25) is 5.69 Å². The van der Waals surface area contributed by atoms with Crippen LogP contribution in [0.4, 0.5) is 89.1 Å². The van der Waals surface area contributed by atoms with E-state index in [1.54, 1.807) is 123 Å². The van der Waals surface area contributed by atoms with Crippen LogP contribution >= 0.6 is 0 Å². The highest BCUT2D eigenvalue weighted by atomic mass is 19.4. The number of nitriles is 6. The molecule has 0 fully saturated rings. The molecule has 0 bridgehead atoms.